The van der Waals surface area contributed by atoms with E-state index in [-0.39, 0.29) is 38.4 Å². The molecule has 12 heteroatoms. The fraction of sp³-hybridized carbons (Fsp3) is 0.280. The van der Waals surface area contributed by atoms with Crippen LogP contribution < -0.4 is 11.1 Å². The van der Waals surface area contributed by atoms with Crippen LogP contribution in [0.15, 0.2) is 34.7 Å². The molecule has 9 nitrogen and oxygen atoms in total. The zero-order chi connectivity index (χ0) is 27.3. The maximum absolute atomic E-state index is 14.9. The predicted octanol–water partition coefficient (Wildman–Crippen LogP) is 4.74. The molecule has 194 valence electrons. The Kier molecular flexibility index (Phi) is 6.61. The number of halogens is 2. The van der Waals surface area contributed by atoms with Crippen LogP contribution in [0.4, 0.5) is 19.6 Å². The van der Waals surface area contributed by atoms with E-state index in [1.165, 1.54) is 33.8 Å². The number of hydrogen-bond donors (Lipinski definition) is 4. The number of carbonyl (C=O) groups excluding carboxylic acids is 1. The molecule has 0 fully saturated rings. The van der Waals surface area contributed by atoms with Gasteiger partial charge in [-0.3, -0.25) is 4.79 Å². The van der Waals surface area contributed by atoms with Crippen molar-refractivity contribution in [3.63, 3.8) is 0 Å². The van der Waals surface area contributed by atoms with Gasteiger partial charge in [0, 0.05) is 4.88 Å². The minimum absolute atomic E-state index is 0.0283. The molecule has 0 atom stereocenters. The number of benzene rings is 1. The van der Waals surface area contributed by atoms with Crippen molar-refractivity contribution < 1.29 is 28.2 Å². The van der Waals surface area contributed by atoms with Crippen LogP contribution in [0.1, 0.15) is 55.2 Å². The molecule has 0 spiro atoms. The molecular formula is C25H25F2N5O4S. The third-order valence-corrected chi connectivity index (χ3v) is 6.57. The molecule has 4 aromatic rings. The Hall–Kier alpha value is -3.74. The first-order valence-corrected chi connectivity index (χ1v) is 11.9. The number of pyridine rings is 1. The molecular weight excluding hydrogens is 504 g/mol. The van der Waals surface area contributed by atoms with Crippen LogP contribution in [0.3, 0.4) is 0 Å². The highest BCUT2D eigenvalue weighted by Crippen LogP contribution is 2.40. The van der Waals surface area contributed by atoms with Gasteiger partial charge in [-0.05, 0) is 70.5 Å². The van der Waals surface area contributed by atoms with E-state index in [1.54, 1.807) is 19.1 Å². The summed E-state index contributed by atoms with van der Waals surface area (Å²) in [7, 11) is 0. The molecule has 0 unspecified atom stereocenters. The lowest BCUT2D eigenvalue weighted by atomic mass is 9.96. The summed E-state index contributed by atoms with van der Waals surface area (Å²) < 4.78 is 35.4. The van der Waals surface area contributed by atoms with Gasteiger partial charge in [0.1, 0.15) is 28.1 Å². The second-order valence-electron chi connectivity index (χ2n) is 9.52. The van der Waals surface area contributed by atoms with Crippen LogP contribution in [0.5, 0.6) is 0 Å². The Labute approximate surface area is 215 Å². The summed E-state index contributed by atoms with van der Waals surface area (Å²) in [5, 5.41) is 31.2. The Morgan fingerprint density at radius 1 is 1.05 bits per heavy atom. The molecule has 1 amide bonds. The largest absolute Gasteiger partial charge is 0.417 e. The molecule has 0 saturated heterocycles. The van der Waals surface area contributed by atoms with Crippen LogP contribution >= 0.6 is 11.3 Å². The number of aromatic nitrogens is 3. The first kappa shape index (κ1) is 26.3. The summed E-state index contributed by atoms with van der Waals surface area (Å²) in [5.74, 6) is -2.01. The normalized spacial score (nSPS) is 12.1. The highest BCUT2D eigenvalue weighted by molar-refractivity contribution is 7.20. The van der Waals surface area contributed by atoms with Gasteiger partial charge in [-0.25, -0.2) is 13.8 Å². The number of primary amides is 1. The van der Waals surface area contributed by atoms with Crippen molar-refractivity contribution in [1.29, 1.82) is 0 Å². The molecule has 1 aromatic carbocycles. The number of nitrogens with zero attached hydrogens (tertiary/aromatic N) is 3. The number of rotatable bonds is 7. The van der Waals surface area contributed by atoms with E-state index in [0.717, 1.165) is 23.5 Å². The summed E-state index contributed by atoms with van der Waals surface area (Å²) in [6.07, 6.45) is 0. The van der Waals surface area contributed by atoms with E-state index in [2.05, 4.69) is 20.5 Å². The third kappa shape index (κ3) is 5.36. The number of hydrogen-bond acceptors (Lipinski definition) is 9. The zero-order valence-corrected chi connectivity index (χ0v) is 21.5. The molecule has 5 N–H and O–H groups in total. The summed E-state index contributed by atoms with van der Waals surface area (Å²) in [6, 6.07) is 6.68. The molecule has 3 aromatic heterocycles. The number of nitrogens with one attached hydrogen (secondary N) is 1. The average Bonchev–Trinajstić information content (AvgIpc) is 3.40. The van der Waals surface area contributed by atoms with E-state index in [0.29, 0.717) is 17.1 Å². The number of anilines is 2. The molecule has 37 heavy (non-hydrogen) atoms. The fourth-order valence-electron chi connectivity index (χ4n) is 3.50. The van der Waals surface area contributed by atoms with E-state index in [1.807, 2.05) is 0 Å². The molecule has 0 saturated carbocycles. The van der Waals surface area contributed by atoms with Crippen LogP contribution in [-0.4, -0.2) is 31.3 Å². The van der Waals surface area contributed by atoms with Crippen molar-refractivity contribution in [2.45, 2.75) is 45.8 Å². The van der Waals surface area contributed by atoms with Gasteiger partial charge in [0.15, 0.2) is 0 Å². The average molecular weight is 530 g/mol. The van der Waals surface area contributed by atoms with Crippen molar-refractivity contribution in [3.8, 4) is 21.9 Å². The number of nitrogens with two attached hydrogens (primary N) is 1. The SMILES string of the molecule is Cc1nc(Nc2sc(-c3c(F)cc(C(C)(C)O)cc3F)cc2C(N)=O)ccc1-c1nnc(C(C)(C)O)o1. The van der Waals surface area contributed by atoms with Gasteiger partial charge in [0.05, 0.1) is 28.0 Å². The third-order valence-electron chi connectivity index (χ3n) is 5.50. The van der Waals surface area contributed by atoms with Crippen molar-refractivity contribution in [1.82, 2.24) is 15.2 Å². The monoisotopic (exact) mass is 529 g/mol. The Morgan fingerprint density at radius 3 is 2.22 bits per heavy atom. The molecule has 3 heterocycles. The summed E-state index contributed by atoms with van der Waals surface area (Å²) in [5.41, 5.74) is 3.59. The molecule has 0 aliphatic heterocycles. The maximum atomic E-state index is 14.9. The van der Waals surface area contributed by atoms with Crippen LogP contribution in [0.2, 0.25) is 0 Å². The number of aliphatic hydroxyl groups is 2. The Morgan fingerprint density at radius 2 is 1.70 bits per heavy atom. The Balaban J connectivity index is 1.68. The van der Waals surface area contributed by atoms with E-state index < -0.39 is 28.7 Å². The second kappa shape index (κ2) is 9.29. The first-order chi connectivity index (χ1) is 17.1. The summed E-state index contributed by atoms with van der Waals surface area (Å²) >= 11 is 0.927. The van der Waals surface area contributed by atoms with Gasteiger partial charge in [0.2, 0.25) is 11.8 Å². The molecule has 0 aliphatic carbocycles. The lowest BCUT2D eigenvalue weighted by molar-refractivity contribution is 0.0487. The highest BCUT2D eigenvalue weighted by Gasteiger charge is 2.26. The maximum Gasteiger partial charge on any atom is 0.251 e. The smallest absolute Gasteiger partial charge is 0.251 e. The molecule has 0 aliphatic rings. The quantitative estimate of drug-likeness (QED) is 0.268. The van der Waals surface area contributed by atoms with Gasteiger partial charge >= 0.3 is 0 Å². The van der Waals surface area contributed by atoms with Gasteiger partial charge in [-0.15, -0.1) is 21.5 Å². The predicted molar refractivity (Wildman–Crippen MR) is 134 cm³/mol. The van der Waals surface area contributed by atoms with Gasteiger partial charge in [-0.2, -0.15) is 0 Å². The van der Waals surface area contributed by atoms with E-state index in [4.69, 9.17) is 10.2 Å². The van der Waals surface area contributed by atoms with Gasteiger partial charge < -0.3 is 25.7 Å². The topological polar surface area (TPSA) is 147 Å². The van der Waals surface area contributed by atoms with Crippen molar-refractivity contribution in [3.05, 3.63) is 64.7 Å². The van der Waals surface area contributed by atoms with Crippen LogP contribution in [-0.2, 0) is 11.2 Å². The number of carbonyl (C=O) groups is 1. The van der Waals surface area contributed by atoms with E-state index >= 15 is 0 Å². The minimum atomic E-state index is -1.44. The lowest BCUT2D eigenvalue weighted by Gasteiger charge is -2.18. The van der Waals surface area contributed by atoms with Crippen molar-refractivity contribution in [2.75, 3.05) is 5.32 Å². The van der Waals surface area contributed by atoms with Gasteiger partial charge in [-0.1, -0.05) is 0 Å². The molecule has 4 rings (SSSR count). The lowest BCUT2D eigenvalue weighted by Crippen LogP contribution is -2.16. The number of amides is 1. The van der Waals surface area contributed by atoms with Crippen LogP contribution in [0, 0.1) is 18.6 Å². The Bertz CT molecular complexity index is 1480. The molecule has 0 radical (unpaired) electrons. The fourth-order valence-corrected chi connectivity index (χ4v) is 4.62. The zero-order valence-electron chi connectivity index (χ0n) is 20.7. The van der Waals surface area contributed by atoms with Crippen molar-refractivity contribution in [2.24, 2.45) is 5.73 Å². The summed E-state index contributed by atoms with van der Waals surface area (Å²) in [4.78, 5) is 16.7. The minimum Gasteiger partial charge on any atom is -0.417 e. The number of aryl methyl sites for hydroxylation is 1. The van der Waals surface area contributed by atoms with Gasteiger partial charge in [0.25, 0.3) is 5.91 Å². The highest BCUT2D eigenvalue weighted by atomic mass is 32.1. The van der Waals surface area contributed by atoms with E-state index in [9.17, 15) is 23.8 Å². The standard InChI is InChI=1S/C25H25F2N5O4S/c1-11-13(21-31-32-23(36-21)25(4,5)35)6-7-18(29-11)30-22-14(20(28)33)10-17(37-22)19-15(26)8-12(9-16(19)27)24(2,3)34/h6-10,34-35H,1-5H3,(H2,28,33)(H,29,30). The van der Waals surface area contributed by atoms with Crippen molar-refractivity contribution >= 4 is 28.1 Å². The second-order valence-corrected chi connectivity index (χ2v) is 10.6. The summed E-state index contributed by atoms with van der Waals surface area (Å²) in [6.45, 7) is 7.59. The first-order valence-electron chi connectivity index (χ1n) is 11.1. The van der Waals surface area contributed by atoms with Crippen LogP contribution in [0.25, 0.3) is 21.9 Å². The molecule has 0 bridgehead atoms. The number of thiophene rings is 1.